The molecule has 1 aromatic rings. The molecular formula is C9H12BrN3S2. The molecule has 15 heavy (non-hydrogen) atoms. The third-order valence-electron chi connectivity index (χ3n) is 2.10. The first-order valence-corrected chi connectivity index (χ1v) is 7.70. The molecule has 1 unspecified atom stereocenters. The summed E-state index contributed by atoms with van der Waals surface area (Å²) in [5.74, 6) is 5.38. The average Bonchev–Trinajstić information content (AvgIpc) is 2.31. The highest BCUT2D eigenvalue weighted by molar-refractivity contribution is 9.10. The van der Waals surface area contributed by atoms with Gasteiger partial charge in [0.15, 0.2) is 0 Å². The number of thioether (sulfide) groups is 2. The zero-order valence-electron chi connectivity index (χ0n) is 8.36. The Bertz CT molecular complexity index is 342. The molecule has 2 heterocycles. The van der Waals surface area contributed by atoms with Crippen LogP contribution in [0.3, 0.4) is 0 Å². The Balaban J connectivity index is 2.20. The minimum absolute atomic E-state index is 0.448. The molecule has 0 saturated carbocycles. The number of anilines is 1. The highest BCUT2D eigenvalue weighted by Gasteiger charge is 2.19. The van der Waals surface area contributed by atoms with E-state index in [1.165, 1.54) is 11.5 Å². The van der Waals surface area contributed by atoms with Gasteiger partial charge in [-0.05, 0) is 15.9 Å². The van der Waals surface area contributed by atoms with E-state index in [1.54, 1.807) is 0 Å². The molecule has 1 aliphatic rings. The van der Waals surface area contributed by atoms with Crippen molar-refractivity contribution in [1.82, 2.24) is 9.97 Å². The molecule has 1 aliphatic heterocycles. The van der Waals surface area contributed by atoms with Gasteiger partial charge in [-0.3, -0.25) is 0 Å². The van der Waals surface area contributed by atoms with Crippen molar-refractivity contribution in [3.63, 3.8) is 0 Å². The minimum atomic E-state index is 0.448. The van der Waals surface area contributed by atoms with E-state index in [9.17, 15) is 0 Å². The summed E-state index contributed by atoms with van der Waals surface area (Å²) >= 11 is 7.35. The number of aromatic nitrogens is 2. The first-order chi connectivity index (χ1) is 7.31. The number of hydrogen-bond donors (Lipinski definition) is 1. The zero-order chi connectivity index (χ0) is 10.7. The second-order valence-electron chi connectivity index (χ2n) is 3.11. The predicted molar refractivity (Wildman–Crippen MR) is 71.8 cm³/mol. The molecule has 0 radical (unpaired) electrons. The second kappa shape index (κ2) is 5.41. The van der Waals surface area contributed by atoms with Gasteiger partial charge in [0.2, 0.25) is 0 Å². The summed E-state index contributed by atoms with van der Waals surface area (Å²) in [7, 11) is 1.87. The normalized spacial score (nSPS) is 21.3. The molecule has 1 N–H and O–H groups in total. The number of nitrogens with one attached hydrogen (secondary N) is 1. The Labute approximate surface area is 106 Å². The lowest BCUT2D eigenvalue weighted by Crippen LogP contribution is -2.11. The Kier molecular flexibility index (Phi) is 4.16. The Hall–Kier alpha value is 0.0600. The van der Waals surface area contributed by atoms with E-state index in [0.717, 1.165) is 21.9 Å². The van der Waals surface area contributed by atoms with Gasteiger partial charge in [0.05, 0.1) is 9.72 Å². The van der Waals surface area contributed by atoms with Gasteiger partial charge in [-0.1, -0.05) is 0 Å². The fraction of sp³-hybridized carbons (Fsp3) is 0.556. The van der Waals surface area contributed by atoms with Gasteiger partial charge in [0.1, 0.15) is 11.6 Å². The first-order valence-electron chi connectivity index (χ1n) is 4.71. The van der Waals surface area contributed by atoms with Gasteiger partial charge in [-0.25, -0.2) is 9.97 Å². The Morgan fingerprint density at radius 3 is 3.07 bits per heavy atom. The number of nitrogens with zero attached hydrogens (tertiary/aromatic N) is 2. The van der Waals surface area contributed by atoms with Gasteiger partial charge in [0.25, 0.3) is 0 Å². The van der Waals surface area contributed by atoms with E-state index in [4.69, 9.17) is 0 Å². The summed E-state index contributed by atoms with van der Waals surface area (Å²) in [5.41, 5.74) is 0. The maximum absolute atomic E-state index is 4.51. The largest absolute Gasteiger partial charge is 0.372 e. The number of hydrogen-bond acceptors (Lipinski definition) is 5. The maximum Gasteiger partial charge on any atom is 0.144 e. The molecule has 0 spiro atoms. The van der Waals surface area contributed by atoms with Gasteiger partial charge >= 0.3 is 0 Å². The Morgan fingerprint density at radius 2 is 2.40 bits per heavy atom. The summed E-state index contributed by atoms with van der Waals surface area (Å²) in [4.78, 5) is 8.89. The molecule has 1 atom stereocenters. The monoisotopic (exact) mass is 305 g/mol. The van der Waals surface area contributed by atoms with Crippen molar-refractivity contribution in [3.05, 3.63) is 16.5 Å². The van der Waals surface area contributed by atoms with Crippen molar-refractivity contribution in [2.45, 2.75) is 5.25 Å². The highest BCUT2D eigenvalue weighted by Crippen LogP contribution is 2.35. The highest BCUT2D eigenvalue weighted by atomic mass is 79.9. The second-order valence-corrected chi connectivity index (χ2v) is 6.42. The third kappa shape index (κ3) is 2.79. The molecular weight excluding hydrogens is 294 g/mol. The number of halogens is 1. The van der Waals surface area contributed by atoms with Crippen LogP contribution in [0, 0.1) is 0 Å². The lowest BCUT2D eigenvalue weighted by atomic mass is 10.4. The van der Waals surface area contributed by atoms with Gasteiger partial charge < -0.3 is 5.32 Å². The van der Waals surface area contributed by atoms with Crippen LogP contribution in [0.2, 0.25) is 0 Å². The molecule has 3 nitrogen and oxygen atoms in total. The molecule has 1 aromatic heterocycles. The fourth-order valence-corrected chi connectivity index (χ4v) is 4.34. The van der Waals surface area contributed by atoms with Gasteiger partial charge in [-0.15, -0.1) is 11.8 Å². The molecule has 0 amide bonds. The van der Waals surface area contributed by atoms with Crippen LogP contribution in [0.25, 0.3) is 0 Å². The lowest BCUT2D eigenvalue weighted by Gasteiger charge is -2.19. The van der Waals surface area contributed by atoms with E-state index < -0.39 is 0 Å². The van der Waals surface area contributed by atoms with Crippen LogP contribution in [0.1, 0.15) is 11.1 Å². The quantitative estimate of drug-likeness (QED) is 0.909. The molecule has 1 saturated heterocycles. The molecule has 6 heteroatoms. The van der Waals surface area contributed by atoms with Crippen LogP contribution in [-0.2, 0) is 0 Å². The average molecular weight is 306 g/mol. The Morgan fingerprint density at radius 1 is 1.53 bits per heavy atom. The van der Waals surface area contributed by atoms with E-state index in [1.807, 2.05) is 36.8 Å². The van der Waals surface area contributed by atoms with Crippen molar-refractivity contribution in [3.8, 4) is 0 Å². The lowest BCUT2D eigenvalue weighted by molar-refractivity contribution is 0.920. The minimum Gasteiger partial charge on any atom is -0.372 e. The van der Waals surface area contributed by atoms with E-state index in [2.05, 4.69) is 31.2 Å². The van der Waals surface area contributed by atoms with E-state index in [-0.39, 0.29) is 0 Å². The van der Waals surface area contributed by atoms with Crippen molar-refractivity contribution >= 4 is 45.3 Å². The summed E-state index contributed by atoms with van der Waals surface area (Å²) in [6.45, 7) is 0. The van der Waals surface area contributed by atoms with Crippen LogP contribution < -0.4 is 5.32 Å². The van der Waals surface area contributed by atoms with Crippen LogP contribution >= 0.6 is 39.5 Å². The van der Waals surface area contributed by atoms with E-state index >= 15 is 0 Å². The number of rotatable bonds is 2. The van der Waals surface area contributed by atoms with Crippen LogP contribution in [0.15, 0.2) is 10.7 Å². The summed E-state index contributed by atoms with van der Waals surface area (Å²) in [6.07, 6.45) is 1.83. The fourth-order valence-electron chi connectivity index (χ4n) is 1.35. The summed E-state index contributed by atoms with van der Waals surface area (Å²) < 4.78 is 0.919. The molecule has 1 fully saturated rings. The first kappa shape index (κ1) is 11.5. The molecule has 0 aromatic carbocycles. The SMILES string of the molecule is CNc1nc(C2CSCCS2)ncc1Br. The van der Waals surface area contributed by atoms with E-state index in [0.29, 0.717) is 5.25 Å². The van der Waals surface area contributed by atoms with Crippen LogP contribution in [0.4, 0.5) is 5.82 Å². The van der Waals surface area contributed by atoms with Crippen molar-refractivity contribution < 1.29 is 0 Å². The maximum atomic E-state index is 4.51. The summed E-state index contributed by atoms with van der Waals surface area (Å²) in [5, 5.41) is 3.51. The van der Waals surface area contributed by atoms with Crippen LogP contribution in [-0.4, -0.2) is 34.3 Å². The molecule has 0 aliphatic carbocycles. The summed E-state index contributed by atoms with van der Waals surface area (Å²) in [6, 6.07) is 0. The standard InChI is InChI=1S/C9H12BrN3S2/c1-11-8-6(10)4-12-9(13-8)7-5-14-2-3-15-7/h4,7H,2-3,5H2,1H3,(H,11,12,13). The smallest absolute Gasteiger partial charge is 0.144 e. The van der Waals surface area contributed by atoms with Gasteiger partial charge in [0, 0.05) is 30.5 Å². The third-order valence-corrected chi connectivity index (χ3v) is 5.43. The predicted octanol–water partition coefficient (Wildman–Crippen LogP) is 2.80. The van der Waals surface area contributed by atoms with Crippen molar-refractivity contribution in [2.24, 2.45) is 0 Å². The molecule has 82 valence electrons. The molecule has 0 bridgehead atoms. The topological polar surface area (TPSA) is 37.8 Å². The van der Waals surface area contributed by atoms with Crippen molar-refractivity contribution in [1.29, 1.82) is 0 Å². The zero-order valence-corrected chi connectivity index (χ0v) is 11.6. The van der Waals surface area contributed by atoms with Crippen molar-refractivity contribution in [2.75, 3.05) is 29.6 Å². The molecule has 2 rings (SSSR count). The van der Waals surface area contributed by atoms with Gasteiger partial charge in [-0.2, -0.15) is 11.8 Å². The van der Waals surface area contributed by atoms with Crippen LogP contribution in [0.5, 0.6) is 0 Å².